The molecule has 4 aromatic rings. The summed E-state index contributed by atoms with van der Waals surface area (Å²) in [5, 5.41) is 12.1. The summed E-state index contributed by atoms with van der Waals surface area (Å²) in [4.78, 5) is 32.4. The van der Waals surface area contributed by atoms with Gasteiger partial charge in [0.2, 0.25) is 5.95 Å². The zero-order valence-corrected chi connectivity index (χ0v) is 16.4. The number of aromatic amines is 1. The smallest absolute Gasteiger partial charge is 0.320 e. The molecular formula is C20H18N6O2S. The number of nitrogens with one attached hydrogen (secondary N) is 3. The van der Waals surface area contributed by atoms with Gasteiger partial charge < -0.3 is 5.32 Å². The quantitative estimate of drug-likeness (QED) is 0.473. The minimum atomic E-state index is -0.380. The summed E-state index contributed by atoms with van der Waals surface area (Å²) in [7, 11) is 0. The minimum absolute atomic E-state index is 0.228. The number of carbonyl (C=O) groups is 1. The molecule has 8 nitrogen and oxygen atoms in total. The third-order valence-corrected chi connectivity index (χ3v) is 4.96. The summed E-state index contributed by atoms with van der Waals surface area (Å²) in [6.07, 6.45) is 0. The molecule has 0 unspecified atom stereocenters. The zero-order chi connectivity index (χ0) is 20.2. The molecular weight excluding hydrogens is 388 g/mol. The van der Waals surface area contributed by atoms with E-state index in [0.717, 1.165) is 10.4 Å². The van der Waals surface area contributed by atoms with Gasteiger partial charge in [0.25, 0.3) is 5.56 Å². The number of benzene rings is 1. The van der Waals surface area contributed by atoms with Gasteiger partial charge in [-0.1, -0.05) is 36.4 Å². The van der Waals surface area contributed by atoms with Crippen LogP contribution < -0.4 is 16.2 Å². The number of aryl methyl sites for hydroxylation is 1. The van der Waals surface area contributed by atoms with E-state index in [9.17, 15) is 9.59 Å². The Labute approximate surface area is 170 Å². The Morgan fingerprint density at radius 2 is 2.00 bits per heavy atom. The van der Waals surface area contributed by atoms with Gasteiger partial charge >= 0.3 is 6.03 Å². The molecule has 0 aliphatic rings. The monoisotopic (exact) mass is 406 g/mol. The van der Waals surface area contributed by atoms with Crippen molar-refractivity contribution in [1.29, 1.82) is 0 Å². The number of H-pyrrole nitrogens is 1. The molecule has 3 aromatic heterocycles. The van der Waals surface area contributed by atoms with Crippen LogP contribution in [0.1, 0.15) is 10.6 Å². The van der Waals surface area contributed by atoms with Crippen molar-refractivity contribution in [2.24, 2.45) is 0 Å². The van der Waals surface area contributed by atoms with Gasteiger partial charge in [0, 0.05) is 28.3 Å². The Kier molecular flexibility index (Phi) is 5.21. The fourth-order valence-electron chi connectivity index (χ4n) is 2.79. The van der Waals surface area contributed by atoms with Gasteiger partial charge in [-0.3, -0.25) is 15.1 Å². The lowest BCUT2D eigenvalue weighted by molar-refractivity contribution is 0.251. The topological polar surface area (TPSA) is 105 Å². The number of anilines is 1. The number of aromatic nitrogens is 4. The van der Waals surface area contributed by atoms with Crippen molar-refractivity contribution in [2.45, 2.75) is 13.5 Å². The first-order valence-corrected chi connectivity index (χ1v) is 9.77. The van der Waals surface area contributed by atoms with Gasteiger partial charge in [-0.25, -0.2) is 9.78 Å². The molecule has 0 radical (unpaired) electrons. The molecule has 3 N–H and O–H groups in total. The van der Waals surface area contributed by atoms with Gasteiger partial charge in [0.05, 0.1) is 12.2 Å². The van der Waals surface area contributed by atoms with E-state index in [1.54, 1.807) is 24.3 Å². The second-order valence-corrected chi connectivity index (χ2v) is 7.32. The second kappa shape index (κ2) is 8.11. The lowest BCUT2D eigenvalue weighted by atomic mass is 10.2. The van der Waals surface area contributed by atoms with Crippen molar-refractivity contribution >= 4 is 23.2 Å². The third kappa shape index (κ3) is 4.41. The molecule has 0 spiro atoms. The first kappa shape index (κ1) is 18.6. The van der Waals surface area contributed by atoms with Crippen LogP contribution in [0.15, 0.2) is 64.8 Å². The van der Waals surface area contributed by atoms with Crippen LogP contribution in [0.25, 0.3) is 17.2 Å². The van der Waals surface area contributed by atoms with E-state index in [0.29, 0.717) is 23.8 Å². The van der Waals surface area contributed by atoms with Gasteiger partial charge in [-0.2, -0.15) is 9.78 Å². The van der Waals surface area contributed by atoms with E-state index in [2.05, 4.69) is 25.7 Å². The molecule has 0 saturated heterocycles. The molecule has 0 saturated carbocycles. The lowest BCUT2D eigenvalue weighted by Gasteiger charge is -2.09. The van der Waals surface area contributed by atoms with Crippen molar-refractivity contribution in [3.8, 4) is 17.2 Å². The Morgan fingerprint density at radius 1 is 1.17 bits per heavy atom. The minimum Gasteiger partial charge on any atom is -0.333 e. The molecule has 1 aromatic carbocycles. The van der Waals surface area contributed by atoms with Gasteiger partial charge in [-0.15, -0.1) is 11.3 Å². The van der Waals surface area contributed by atoms with Crippen LogP contribution in [0.4, 0.5) is 10.6 Å². The number of thiophene rings is 1. The van der Waals surface area contributed by atoms with Crippen LogP contribution in [0.2, 0.25) is 0 Å². The predicted octanol–water partition coefficient (Wildman–Crippen LogP) is 3.31. The Balaban J connectivity index is 1.66. The van der Waals surface area contributed by atoms with Crippen molar-refractivity contribution in [2.75, 3.05) is 5.32 Å². The Morgan fingerprint density at radius 3 is 2.72 bits per heavy atom. The number of hydrogen-bond donors (Lipinski definition) is 3. The highest BCUT2D eigenvalue weighted by Crippen LogP contribution is 2.23. The summed E-state index contributed by atoms with van der Waals surface area (Å²) < 4.78 is 1.42. The zero-order valence-electron chi connectivity index (χ0n) is 15.5. The number of urea groups is 1. The van der Waals surface area contributed by atoms with Crippen molar-refractivity contribution in [3.05, 3.63) is 80.9 Å². The lowest BCUT2D eigenvalue weighted by Crippen LogP contribution is -2.29. The Hall–Kier alpha value is -3.72. The third-order valence-electron chi connectivity index (χ3n) is 4.08. The van der Waals surface area contributed by atoms with E-state index in [1.165, 1.54) is 10.7 Å². The van der Waals surface area contributed by atoms with Crippen molar-refractivity contribution < 1.29 is 4.79 Å². The molecule has 146 valence electrons. The molecule has 2 amide bonds. The number of nitrogens with zero attached hydrogens (tertiary/aromatic N) is 3. The summed E-state index contributed by atoms with van der Waals surface area (Å²) in [6.45, 7) is 2.14. The van der Waals surface area contributed by atoms with Gasteiger partial charge in [0.1, 0.15) is 5.82 Å². The molecule has 0 atom stereocenters. The van der Waals surface area contributed by atoms with E-state index in [-0.39, 0.29) is 17.5 Å². The maximum absolute atomic E-state index is 12.4. The normalized spacial score (nSPS) is 10.7. The maximum Gasteiger partial charge on any atom is 0.320 e. The van der Waals surface area contributed by atoms with E-state index in [4.69, 9.17) is 0 Å². The summed E-state index contributed by atoms with van der Waals surface area (Å²) in [5.41, 5.74) is 1.78. The van der Waals surface area contributed by atoms with Crippen LogP contribution in [0, 0.1) is 6.92 Å². The van der Waals surface area contributed by atoms with Crippen LogP contribution in [-0.2, 0) is 6.54 Å². The van der Waals surface area contributed by atoms with Crippen LogP contribution in [-0.4, -0.2) is 25.8 Å². The number of rotatable bonds is 5. The molecule has 3 heterocycles. The molecule has 4 rings (SSSR count). The number of carbonyl (C=O) groups excluding carboxylic acids is 1. The second-order valence-electron chi connectivity index (χ2n) is 6.29. The van der Waals surface area contributed by atoms with Crippen LogP contribution in [0.5, 0.6) is 0 Å². The average Bonchev–Trinajstić information content (AvgIpc) is 3.36. The Bertz CT molecular complexity index is 1180. The number of hydrogen-bond acceptors (Lipinski definition) is 5. The summed E-state index contributed by atoms with van der Waals surface area (Å²) >= 11 is 1.57. The fraction of sp³-hybridized carbons (Fsp3) is 0.100. The van der Waals surface area contributed by atoms with Crippen molar-refractivity contribution in [3.63, 3.8) is 0 Å². The van der Waals surface area contributed by atoms with Crippen molar-refractivity contribution in [1.82, 2.24) is 25.1 Å². The first-order valence-electron chi connectivity index (χ1n) is 8.89. The van der Waals surface area contributed by atoms with Crippen LogP contribution in [0.3, 0.4) is 0 Å². The largest absolute Gasteiger partial charge is 0.333 e. The van der Waals surface area contributed by atoms with E-state index >= 15 is 0 Å². The highest BCUT2D eigenvalue weighted by Gasteiger charge is 2.15. The molecule has 0 fully saturated rings. The highest BCUT2D eigenvalue weighted by molar-refractivity contribution is 7.09. The molecule has 0 aliphatic carbocycles. The number of amides is 2. The van der Waals surface area contributed by atoms with Crippen LogP contribution >= 0.6 is 11.3 Å². The standard InChI is InChI=1S/C20H18N6O2S/c1-13-10-18(27)24-19(22-13)26-17(11-16(25-26)14-6-3-2-4-7-14)23-20(28)21-12-15-8-5-9-29-15/h2-11H,12H2,1H3,(H2,21,23,28)(H,22,24,27). The maximum atomic E-state index is 12.4. The molecule has 0 bridgehead atoms. The molecule has 29 heavy (non-hydrogen) atoms. The first-order chi connectivity index (χ1) is 14.1. The van der Waals surface area contributed by atoms with E-state index in [1.807, 2.05) is 47.8 Å². The van der Waals surface area contributed by atoms with E-state index < -0.39 is 0 Å². The predicted molar refractivity (Wildman–Crippen MR) is 112 cm³/mol. The summed E-state index contributed by atoms with van der Waals surface area (Å²) in [5.74, 6) is 0.618. The SMILES string of the molecule is Cc1cc(=O)[nH]c(-n2nc(-c3ccccc3)cc2NC(=O)NCc2cccs2)n1. The molecule has 9 heteroatoms. The fourth-order valence-corrected chi connectivity index (χ4v) is 3.43. The average molecular weight is 406 g/mol. The van der Waals surface area contributed by atoms with Gasteiger partial charge in [0.15, 0.2) is 0 Å². The molecule has 0 aliphatic heterocycles. The summed E-state index contributed by atoms with van der Waals surface area (Å²) in [6, 6.07) is 16.2. The highest BCUT2D eigenvalue weighted by atomic mass is 32.1. The van der Waals surface area contributed by atoms with Gasteiger partial charge in [-0.05, 0) is 18.4 Å².